The zero-order valence-corrected chi connectivity index (χ0v) is 13.1. The third-order valence-electron chi connectivity index (χ3n) is 3.91. The topological polar surface area (TPSA) is 61.0 Å². The highest BCUT2D eigenvalue weighted by molar-refractivity contribution is 9.11. The van der Waals surface area contributed by atoms with Crippen LogP contribution in [0.3, 0.4) is 0 Å². The van der Waals surface area contributed by atoms with Crippen molar-refractivity contribution in [2.75, 3.05) is 12.3 Å². The van der Waals surface area contributed by atoms with Crippen LogP contribution in [0.25, 0.3) is 6.08 Å². The van der Waals surface area contributed by atoms with Gasteiger partial charge in [0.25, 0.3) is 0 Å². The van der Waals surface area contributed by atoms with Gasteiger partial charge in [0, 0.05) is 10.0 Å². The fraction of sp³-hybridized carbons (Fsp3) is 0.467. The molecule has 5 heteroatoms. The van der Waals surface area contributed by atoms with Gasteiger partial charge in [-0.05, 0) is 37.8 Å². The molecular weight excluding hydrogens is 318 g/mol. The molecule has 4 nitrogen and oxygen atoms in total. The van der Waals surface area contributed by atoms with Gasteiger partial charge in [-0.1, -0.05) is 28.4 Å². The Labute approximate surface area is 127 Å². The van der Waals surface area contributed by atoms with Crippen LogP contribution in [-0.4, -0.2) is 16.6 Å². The highest BCUT2D eigenvalue weighted by Crippen LogP contribution is 2.33. The van der Waals surface area contributed by atoms with Gasteiger partial charge in [-0.3, -0.25) is 0 Å². The Balaban J connectivity index is 1.90. The van der Waals surface area contributed by atoms with Gasteiger partial charge in [-0.15, -0.1) is 0 Å². The Morgan fingerprint density at radius 2 is 2.15 bits per heavy atom. The maximum absolute atomic E-state index is 6.08. The van der Waals surface area contributed by atoms with E-state index in [2.05, 4.69) is 25.9 Å². The zero-order chi connectivity index (χ0) is 14.1. The number of aryl methyl sites for hydroxylation is 1. The lowest BCUT2D eigenvalue weighted by Gasteiger charge is -2.27. The number of fused-ring (bicyclic) bond motifs is 1. The summed E-state index contributed by atoms with van der Waals surface area (Å²) in [7, 11) is 0. The van der Waals surface area contributed by atoms with Crippen molar-refractivity contribution in [3.8, 4) is 0 Å². The van der Waals surface area contributed by atoms with Crippen LogP contribution >= 0.6 is 15.9 Å². The minimum Gasteiger partial charge on any atom is -0.368 e. The molecule has 106 valence electrons. The molecule has 0 spiro atoms. The van der Waals surface area contributed by atoms with Crippen molar-refractivity contribution in [3.63, 3.8) is 0 Å². The van der Waals surface area contributed by atoms with Gasteiger partial charge >= 0.3 is 0 Å². The van der Waals surface area contributed by atoms with E-state index in [1.165, 1.54) is 19.3 Å². The van der Waals surface area contributed by atoms with Crippen molar-refractivity contribution in [2.45, 2.75) is 32.3 Å². The van der Waals surface area contributed by atoms with Crippen LogP contribution in [0.5, 0.6) is 0 Å². The molecule has 1 aromatic heterocycles. The summed E-state index contributed by atoms with van der Waals surface area (Å²) >= 11 is 3.53. The number of nitrogen functional groups attached to an aromatic ring is 1. The van der Waals surface area contributed by atoms with E-state index in [4.69, 9.17) is 10.5 Å². The molecule has 0 aliphatic heterocycles. The fourth-order valence-electron chi connectivity index (χ4n) is 2.52. The van der Waals surface area contributed by atoms with Gasteiger partial charge in [-0.25, -0.2) is 9.97 Å². The molecule has 1 saturated carbocycles. The predicted molar refractivity (Wildman–Crippen MR) is 83.3 cm³/mol. The summed E-state index contributed by atoms with van der Waals surface area (Å²) in [5.41, 5.74) is 8.54. The first-order valence-corrected chi connectivity index (χ1v) is 7.74. The van der Waals surface area contributed by atoms with Gasteiger partial charge in [0.1, 0.15) is 6.10 Å². The molecule has 1 unspecified atom stereocenters. The van der Waals surface area contributed by atoms with E-state index in [1.807, 2.05) is 25.2 Å². The molecule has 0 radical (unpaired) electrons. The molecule has 0 aromatic carbocycles. The number of anilines is 1. The van der Waals surface area contributed by atoms with Crippen LogP contribution in [0.2, 0.25) is 0 Å². The van der Waals surface area contributed by atoms with E-state index < -0.39 is 0 Å². The Bertz CT molecular complexity index is 579. The van der Waals surface area contributed by atoms with Gasteiger partial charge in [0.05, 0.1) is 18.0 Å². The summed E-state index contributed by atoms with van der Waals surface area (Å²) in [6.07, 6.45) is 9.74. The van der Waals surface area contributed by atoms with Crippen LogP contribution in [0.1, 0.15) is 42.3 Å². The SMILES string of the molecule is Cc1nc(N)nc2c1C=CC(Br)=CC2OCC1CCC1. The van der Waals surface area contributed by atoms with Crippen LogP contribution in [0, 0.1) is 12.8 Å². The number of hydrogen-bond donors (Lipinski definition) is 1. The van der Waals surface area contributed by atoms with Crippen molar-refractivity contribution in [1.29, 1.82) is 0 Å². The molecule has 2 aliphatic rings. The number of aromatic nitrogens is 2. The lowest BCUT2D eigenvalue weighted by atomic mass is 9.86. The summed E-state index contributed by atoms with van der Waals surface area (Å²) in [6, 6.07) is 0. The molecule has 0 amide bonds. The summed E-state index contributed by atoms with van der Waals surface area (Å²) in [5, 5.41) is 0. The summed E-state index contributed by atoms with van der Waals surface area (Å²) in [6.45, 7) is 2.73. The normalized spacial score (nSPS) is 21.9. The maximum Gasteiger partial charge on any atom is 0.220 e. The first-order valence-electron chi connectivity index (χ1n) is 6.94. The molecule has 0 saturated heterocycles. The van der Waals surface area contributed by atoms with E-state index in [0.717, 1.165) is 28.0 Å². The first kappa shape index (κ1) is 13.8. The van der Waals surface area contributed by atoms with Crippen molar-refractivity contribution < 1.29 is 4.74 Å². The van der Waals surface area contributed by atoms with Crippen LogP contribution in [0.15, 0.2) is 16.6 Å². The van der Waals surface area contributed by atoms with Crippen LogP contribution in [-0.2, 0) is 4.74 Å². The molecular formula is C15H18BrN3O. The van der Waals surface area contributed by atoms with E-state index in [-0.39, 0.29) is 6.10 Å². The van der Waals surface area contributed by atoms with Crippen molar-refractivity contribution in [2.24, 2.45) is 5.92 Å². The van der Waals surface area contributed by atoms with Crippen molar-refractivity contribution in [1.82, 2.24) is 9.97 Å². The number of nitrogens with zero attached hydrogens (tertiary/aromatic N) is 2. The number of nitrogens with two attached hydrogens (primary N) is 1. The Hall–Kier alpha value is -1.20. The van der Waals surface area contributed by atoms with Gasteiger partial charge in [-0.2, -0.15) is 0 Å². The van der Waals surface area contributed by atoms with Gasteiger partial charge in [0.15, 0.2) is 0 Å². The largest absolute Gasteiger partial charge is 0.368 e. The average molecular weight is 336 g/mol. The molecule has 2 N–H and O–H groups in total. The lowest BCUT2D eigenvalue weighted by molar-refractivity contribution is 0.0319. The third-order valence-corrected chi connectivity index (χ3v) is 4.44. The van der Waals surface area contributed by atoms with E-state index in [0.29, 0.717) is 11.9 Å². The van der Waals surface area contributed by atoms with E-state index in [9.17, 15) is 0 Å². The number of rotatable bonds is 3. The number of allylic oxidation sites excluding steroid dienone is 2. The standard InChI is InChI=1S/C15H18BrN3O/c1-9-12-6-5-11(16)7-13(14(12)19-15(17)18-9)20-8-10-3-2-4-10/h5-7,10,13H,2-4,8H2,1H3,(H2,17,18,19). The van der Waals surface area contributed by atoms with Crippen molar-refractivity contribution >= 4 is 28.0 Å². The van der Waals surface area contributed by atoms with Gasteiger partial charge in [0.2, 0.25) is 5.95 Å². The lowest BCUT2D eigenvalue weighted by Crippen LogP contribution is -2.20. The Kier molecular flexibility index (Phi) is 3.89. The molecule has 1 atom stereocenters. The summed E-state index contributed by atoms with van der Waals surface area (Å²) < 4.78 is 7.07. The van der Waals surface area contributed by atoms with Crippen LogP contribution < -0.4 is 5.73 Å². The van der Waals surface area contributed by atoms with Crippen molar-refractivity contribution in [3.05, 3.63) is 33.6 Å². The predicted octanol–water partition coefficient (Wildman–Crippen LogP) is 3.53. The molecule has 2 aliphatic carbocycles. The molecule has 1 fully saturated rings. The Morgan fingerprint density at radius 1 is 1.35 bits per heavy atom. The second-order valence-corrected chi connectivity index (χ2v) is 6.32. The number of halogens is 1. The summed E-state index contributed by atoms with van der Waals surface area (Å²) in [4.78, 5) is 8.63. The maximum atomic E-state index is 6.08. The molecule has 20 heavy (non-hydrogen) atoms. The molecule has 1 aromatic rings. The van der Waals surface area contributed by atoms with Crippen LogP contribution in [0.4, 0.5) is 5.95 Å². The molecule has 1 heterocycles. The smallest absolute Gasteiger partial charge is 0.220 e. The number of hydrogen-bond acceptors (Lipinski definition) is 4. The Morgan fingerprint density at radius 3 is 2.85 bits per heavy atom. The quantitative estimate of drug-likeness (QED) is 0.917. The van der Waals surface area contributed by atoms with E-state index in [1.54, 1.807) is 0 Å². The average Bonchev–Trinajstić information content (AvgIpc) is 2.48. The summed E-state index contributed by atoms with van der Waals surface area (Å²) in [5.74, 6) is 1.00. The monoisotopic (exact) mass is 335 g/mol. The molecule has 3 rings (SSSR count). The first-order chi connectivity index (χ1) is 9.63. The molecule has 0 bridgehead atoms. The fourth-order valence-corrected chi connectivity index (χ4v) is 2.89. The minimum absolute atomic E-state index is 0.168. The highest BCUT2D eigenvalue weighted by Gasteiger charge is 2.24. The third kappa shape index (κ3) is 2.79. The zero-order valence-electron chi connectivity index (χ0n) is 11.5. The minimum atomic E-state index is -0.168. The highest BCUT2D eigenvalue weighted by atomic mass is 79.9. The van der Waals surface area contributed by atoms with E-state index >= 15 is 0 Å². The second-order valence-electron chi connectivity index (χ2n) is 5.40. The number of ether oxygens (including phenoxy) is 1. The van der Waals surface area contributed by atoms with Gasteiger partial charge < -0.3 is 10.5 Å². The second kappa shape index (κ2) is 5.66.